The molecule has 0 saturated carbocycles. The number of nitrogens with one attached hydrogen (secondary N) is 1. The third-order valence-electron chi connectivity index (χ3n) is 3.24. The fourth-order valence-electron chi connectivity index (χ4n) is 2.03. The third-order valence-corrected chi connectivity index (χ3v) is 4.15. The predicted molar refractivity (Wildman–Crippen MR) is 82.9 cm³/mol. The van der Waals surface area contributed by atoms with E-state index in [-0.39, 0.29) is 22.4 Å². The van der Waals surface area contributed by atoms with Crippen molar-refractivity contribution >= 4 is 21.4 Å². The summed E-state index contributed by atoms with van der Waals surface area (Å²) < 4.78 is 35.5. The van der Waals surface area contributed by atoms with Crippen LogP contribution in [0.15, 0.2) is 47.4 Å². The fraction of sp³-hybridized carbons (Fsp3) is 0.143. The Labute approximate surface area is 132 Å². The van der Waals surface area contributed by atoms with E-state index < -0.39 is 20.6 Å². The molecule has 0 fully saturated rings. The fourth-order valence-corrected chi connectivity index (χ4v) is 2.56. The van der Waals surface area contributed by atoms with E-state index in [1.54, 1.807) is 19.1 Å². The van der Waals surface area contributed by atoms with Crippen LogP contribution in [0.1, 0.15) is 18.5 Å². The summed E-state index contributed by atoms with van der Waals surface area (Å²) in [4.78, 5) is 10.1. The van der Waals surface area contributed by atoms with Gasteiger partial charge < -0.3 is 5.32 Å². The molecule has 3 N–H and O–H groups in total. The Morgan fingerprint density at radius 1 is 1.22 bits per heavy atom. The lowest BCUT2D eigenvalue weighted by Crippen LogP contribution is -2.13. The van der Waals surface area contributed by atoms with Crippen molar-refractivity contribution in [3.8, 4) is 0 Å². The van der Waals surface area contributed by atoms with Gasteiger partial charge in [0.15, 0.2) is 0 Å². The van der Waals surface area contributed by atoms with Gasteiger partial charge in [0.05, 0.1) is 9.82 Å². The van der Waals surface area contributed by atoms with Gasteiger partial charge in [0, 0.05) is 12.1 Å². The molecule has 0 saturated heterocycles. The lowest BCUT2D eigenvalue weighted by Gasteiger charge is -2.16. The second-order valence-electron chi connectivity index (χ2n) is 4.90. The van der Waals surface area contributed by atoms with Crippen molar-refractivity contribution in [3.63, 3.8) is 0 Å². The van der Waals surface area contributed by atoms with E-state index in [0.29, 0.717) is 0 Å². The Balaban J connectivity index is 2.35. The van der Waals surface area contributed by atoms with E-state index in [2.05, 4.69) is 5.32 Å². The van der Waals surface area contributed by atoms with Crippen LogP contribution in [0.25, 0.3) is 0 Å². The Morgan fingerprint density at radius 2 is 1.83 bits per heavy atom. The summed E-state index contributed by atoms with van der Waals surface area (Å²) in [5, 5.41) is 19.0. The molecule has 0 unspecified atom stereocenters. The number of rotatable bonds is 5. The predicted octanol–water partition coefficient (Wildman–Crippen LogP) is 2.55. The maximum atomic E-state index is 12.9. The summed E-state index contributed by atoms with van der Waals surface area (Å²) in [6.07, 6.45) is 0. The van der Waals surface area contributed by atoms with Gasteiger partial charge in [-0.15, -0.1) is 0 Å². The van der Waals surface area contributed by atoms with Crippen molar-refractivity contribution < 1.29 is 17.7 Å². The summed E-state index contributed by atoms with van der Waals surface area (Å²) in [5.41, 5.74) is 0.445. The van der Waals surface area contributed by atoms with E-state index in [0.717, 1.165) is 11.6 Å². The van der Waals surface area contributed by atoms with Gasteiger partial charge in [-0.3, -0.25) is 10.1 Å². The van der Waals surface area contributed by atoms with Crippen LogP contribution in [0, 0.1) is 15.9 Å². The van der Waals surface area contributed by atoms with Crippen molar-refractivity contribution in [2.24, 2.45) is 5.14 Å². The molecule has 2 aromatic rings. The second kappa shape index (κ2) is 6.31. The number of primary sulfonamides is 1. The summed E-state index contributed by atoms with van der Waals surface area (Å²) in [7, 11) is -4.03. The minimum atomic E-state index is -4.03. The van der Waals surface area contributed by atoms with Crippen molar-refractivity contribution in [1.29, 1.82) is 0 Å². The highest BCUT2D eigenvalue weighted by Gasteiger charge is 2.20. The number of halogens is 1. The van der Waals surface area contributed by atoms with Crippen molar-refractivity contribution in [3.05, 3.63) is 64.0 Å². The molecule has 0 heterocycles. The number of anilines is 1. The molecule has 9 heteroatoms. The van der Waals surface area contributed by atoms with E-state index in [9.17, 15) is 22.9 Å². The zero-order valence-corrected chi connectivity index (χ0v) is 12.9. The van der Waals surface area contributed by atoms with E-state index in [1.165, 1.54) is 24.3 Å². The Kier molecular flexibility index (Phi) is 4.62. The highest BCUT2D eigenvalue weighted by Crippen LogP contribution is 2.30. The average molecular weight is 339 g/mol. The number of benzene rings is 2. The lowest BCUT2D eigenvalue weighted by atomic mass is 10.1. The normalized spacial score (nSPS) is 12.7. The third kappa shape index (κ3) is 4.02. The molecule has 0 radical (unpaired) electrons. The first kappa shape index (κ1) is 16.8. The first-order chi connectivity index (χ1) is 10.7. The number of nitrogens with zero attached hydrogens (tertiary/aromatic N) is 1. The van der Waals surface area contributed by atoms with Crippen LogP contribution in [0.4, 0.5) is 15.8 Å². The van der Waals surface area contributed by atoms with Gasteiger partial charge in [0.25, 0.3) is 5.69 Å². The summed E-state index contributed by atoms with van der Waals surface area (Å²) in [6.45, 7) is 1.74. The minimum Gasteiger partial charge on any atom is -0.373 e. The molecule has 0 spiro atoms. The topological polar surface area (TPSA) is 115 Å². The van der Waals surface area contributed by atoms with Crippen LogP contribution in [0.2, 0.25) is 0 Å². The van der Waals surface area contributed by atoms with Gasteiger partial charge >= 0.3 is 0 Å². The van der Waals surface area contributed by atoms with Crippen LogP contribution < -0.4 is 10.5 Å². The van der Waals surface area contributed by atoms with Gasteiger partial charge in [0.1, 0.15) is 11.5 Å². The van der Waals surface area contributed by atoms with Crippen LogP contribution in [0.5, 0.6) is 0 Å². The minimum absolute atomic E-state index is 0.138. The van der Waals surface area contributed by atoms with Gasteiger partial charge in [-0.05, 0) is 36.8 Å². The molecule has 0 aliphatic rings. The molecule has 2 aromatic carbocycles. The molecule has 23 heavy (non-hydrogen) atoms. The van der Waals surface area contributed by atoms with Crippen molar-refractivity contribution in [2.75, 3.05) is 5.32 Å². The molecule has 0 aliphatic carbocycles. The van der Waals surface area contributed by atoms with Crippen LogP contribution in [-0.4, -0.2) is 13.3 Å². The zero-order chi connectivity index (χ0) is 17.2. The van der Waals surface area contributed by atoms with Gasteiger partial charge in [0.2, 0.25) is 10.0 Å². The van der Waals surface area contributed by atoms with Crippen LogP contribution >= 0.6 is 0 Å². The van der Waals surface area contributed by atoms with Crippen LogP contribution in [0.3, 0.4) is 0 Å². The van der Waals surface area contributed by atoms with Gasteiger partial charge in [-0.1, -0.05) is 12.1 Å². The molecule has 7 nitrogen and oxygen atoms in total. The lowest BCUT2D eigenvalue weighted by molar-refractivity contribution is -0.384. The van der Waals surface area contributed by atoms with E-state index in [1.807, 2.05) is 0 Å². The first-order valence-corrected chi connectivity index (χ1v) is 8.06. The maximum absolute atomic E-state index is 12.9. The Bertz CT molecular complexity index is 838. The summed E-state index contributed by atoms with van der Waals surface area (Å²) in [6, 6.07) is 8.68. The molecule has 0 aliphatic heterocycles. The van der Waals surface area contributed by atoms with Gasteiger partial charge in [-0.2, -0.15) is 0 Å². The van der Waals surface area contributed by atoms with E-state index >= 15 is 0 Å². The average Bonchev–Trinajstić information content (AvgIpc) is 2.46. The second-order valence-corrected chi connectivity index (χ2v) is 6.46. The molecule has 0 aromatic heterocycles. The van der Waals surface area contributed by atoms with Crippen LogP contribution in [-0.2, 0) is 10.0 Å². The number of hydrogen-bond acceptors (Lipinski definition) is 5. The Morgan fingerprint density at radius 3 is 2.35 bits per heavy atom. The number of nitro benzene ring substituents is 1. The number of hydrogen-bond donors (Lipinski definition) is 2. The molecule has 1 atom stereocenters. The van der Waals surface area contributed by atoms with Gasteiger partial charge in [-0.25, -0.2) is 17.9 Å². The summed E-state index contributed by atoms with van der Waals surface area (Å²) >= 11 is 0. The Hall–Kier alpha value is -2.52. The number of sulfonamides is 1. The SMILES string of the molecule is C[C@H](Nc1ccc(S(N)(=O)=O)cc1[N+](=O)[O-])c1ccc(F)cc1. The van der Waals surface area contributed by atoms with E-state index in [4.69, 9.17) is 5.14 Å². The smallest absolute Gasteiger partial charge is 0.293 e. The highest BCUT2D eigenvalue weighted by molar-refractivity contribution is 7.89. The standard InChI is InChI=1S/C14H14FN3O4S/c1-9(10-2-4-11(15)5-3-10)17-13-7-6-12(23(16,21)22)8-14(13)18(19)20/h2-9,17H,1H3,(H2,16,21,22)/t9-/m0/s1. The molecule has 0 amide bonds. The highest BCUT2D eigenvalue weighted by atomic mass is 32.2. The monoisotopic (exact) mass is 339 g/mol. The molecule has 0 bridgehead atoms. The van der Waals surface area contributed by atoms with Crippen molar-refractivity contribution in [1.82, 2.24) is 0 Å². The quantitative estimate of drug-likeness (QED) is 0.641. The molecule has 122 valence electrons. The molecule has 2 rings (SSSR count). The molecular weight excluding hydrogens is 325 g/mol. The largest absolute Gasteiger partial charge is 0.373 e. The number of nitrogens with two attached hydrogens (primary N) is 1. The summed E-state index contributed by atoms with van der Waals surface area (Å²) in [5.74, 6) is -0.385. The maximum Gasteiger partial charge on any atom is 0.293 e. The molecular formula is C14H14FN3O4S. The number of nitro groups is 1. The first-order valence-electron chi connectivity index (χ1n) is 6.51. The zero-order valence-electron chi connectivity index (χ0n) is 12.1. The van der Waals surface area contributed by atoms with Crippen molar-refractivity contribution in [2.45, 2.75) is 17.9 Å².